The number of imidazole rings is 1. The molecule has 0 amide bonds. The number of benzene rings is 2. The first-order valence-electron chi connectivity index (χ1n) is 9.93. The molecule has 0 saturated heterocycles. The maximum Gasteiger partial charge on any atom is 0.139 e. The van der Waals surface area contributed by atoms with Crippen LogP contribution in [0, 0.1) is 11.6 Å². The summed E-state index contributed by atoms with van der Waals surface area (Å²) in [6.07, 6.45) is 3.37. The van der Waals surface area contributed by atoms with Crippen LogP contribution in [0.25, 0.3) is 27.8 Å². The number of fused-ring (bicyclic) bond motifs is 1. The van der Waals surface area contributed by atoms with Gasteiger partial charge >= 0.3 is 0 Å². The van der Waals surface area contributed by atoms with Gasteiger partial charge in [0.25, 0.3) is 0 Å². The molecule has 0 saturated carbocycles. The van der Waals surface area contributed by atoms with E-state index in [9.17, 15) is 8.78 Å². The lowest BCUT2D eigenvalue weighted by molar-refractivity contribution is 0.297. The maximum absolute atomic E-state index is 14.8. The van der Waals surface area contributed by atoms with Crippen molar-refractivity contribution in [3.8, 4) is 11.1 Å². The van der Waals surface area contributed by atoms with Crippen molar-refractivity contribution in [1.29, 1.82) is 0 Å². The van der Waals surface area contributed by atoms with Crippen molar-refractivity contribution in [3.05, 3.63) is 78.0 Å². The molecule has 0 aliphatic heterocycles. The summed E-state index contributed by atoms with van der Waals surface area (Å²) in [5, 5.41) is 8.25. The molecule has 0 atom stereocenters. The Morgan fingerprint density at radius 3 is 2.74 bits per heavy atom. The van der Waals surface area contributed by atoms with Gasteiger partial charge in [0.15, 0.2) is 0 Å². The second-order valence-corrected chi connectivity index (χ2v) is 7.15. The molecule has 0 fully saturated rings. The molecule has 6 nitrogen and oxygen atoms in total. The maximum atomic E-state index is 14.8. The topological polar surface area (TPSA) is 67.8 Å². The third-order valence-corrected chi connectivity index (χ3v) is 5.02. The van der Waals surface area contributed by atoms with E-state index in [4.69, 9.17) is 4.74 Å². The van der Waals surface area contributed by atoms with Crippen molar-refractivity contribution in [1.82, 2.24) is 25.1 Å². The van der Waals surface area contributed by atoms with E-state index in [1.807, 2.05) is 38.4 Å². The number of H-pyrrole nitrogens is 1. The summed E-state index contributed by atoms with van der Waals surface area (Å²) in [7, 11) is 1.81. The lowest BCUT2D eigenvalue weighted by Gasteiger charge is -2.11. The van der Waals surface area contributed by atoms with Crippen molar-refractivity contribution in [2.45, 2.75) is 20.0 Å². The Morgan fingerprint density at radius 1 is 1.23 bits per heavy atom. The Balaban J connectivity index is 1.52. The highest BCUT2D eigenvalue weighted by Crippen LogP contribution is 2.30. The van der Waals surface area contributed by atoms with E-state index >= 15 is 0 Å². The monoisotopic (exact) mass is 423 g/mol. The van der Waals surface area contributed by atoms with Crippen LogP contribution in [0.2, 0.25) is 0 Å². The smallest absolute Gasteiger partial charge is 0.139 e. The van der Waals surface area contributed by atoms with Crippen molar-refractivity contribution in [3.63, 3.8) is 0 Å². The summed E-state index contributed by atoms with van der Waals surface area (Å²) >= 11 is 0. The van der Waals surface area contributed by atoms with Gasteiger partial charge in [-0.15, -0.1) is 0 Å². The molecule has 0 bridgehead atoms. The Labute approximate surface area is 178 Å². The molecule has 0 unspecified atom stereocenters. The van der Waals surface area contributed by atoms with Crippen molar-refractivity contribution in [2.24, 2.45) is 7.05 Å². The number of aromatic amines is 1. The first-order chi connectivity index (χ1) is 15.0. The van der Waals surface area contributed by atoms with Gasteiger partial charge in [-0.2, -0.15) is 5.10 Å². The van der Waals surface area contributed by atoms with Gasteiger partial charge in [0.1, 0.15) is 23.1 Å². The predicted molar refractivity (Wildman–Crippen MR) is 116 cm³/mol. The zero-order valence-electron chi connectivity index (χ0n) is 17.4. The highest BCUT2D eigenvalue weighted by Gasteiger charge is 2.15. The van der Waals surface area contributed by atoms with Crippen LogP contribution in [-0.4, -0.2) is 26.4 Å². The van der Waals surface area contributed by atoms with Crippen LogP contribution in [-0.2, 0) is 24.9 Å². The van der Waals surface area contributed by atoms with Crippen LogP contribution >= 0.6 is 0 Å². The molecular weight excluding hydrogens is 400 g/mol. The van der Waals surface area contributed by atoms with E-state index in [1.54, 1.807) is 4.68 Å². The van der Waals surface area contributed by atoms with Gasteiger partial charge in [-0.25, -0.2) is 13.8 Å². The van der Waals surface area contributed by atoms with Crippen LogP contribution in [0.5, 0.6) is 0 Å². The molecule has 4 rings (SSSR count). The van der Waals surface area contributed by atoms with E-state index < -0.39 is 11.6 Å². The molecule has 2 aromatic carbocycles. The summed E-state index contributed by atoms with van der Waals surface area (Å²) in [5.41, 5.74) is 3.29. The minimum absolute atomic E-state index is 0.0215. The second kappa shape index (κ2) is 8.69. The van der Waals surface area contributed by atoms with E-state index in [0.29, 0.717) is 30.2 Å². The fourth-order valence-corrected chi connectivity index (χ4v) is 3.59. The predicted octanol–water partition coefficient (Wildman–Crippen LogP) is 4.54. The molecule has 0 aliphatic rings. The average Bonchev–Trinajstić information content (AvgIpc) is 3.35. The fraction of sp³-hybridized carbons (Fsp3) is 0.217. The van der Waals surface area contributed by atoms with E-state index in [-0.39, 0.29) is 12.1 Å². The minimum atomic E-state index is -0.605. The molecule has 4 aromatic rings. The standard InChI is InChI=1S/C23H23F2N5O/c1-4-31-14(2)23-22(27-13-28-23)11-26-10-17-19(24)8-15(9-20(17)25)16-6-5-7-21-18(16)12-30(3)29-21/h5-9,12-13,26H,2,4,10-11H2,1,3H3,(H,27,28). The Hall–Kier alpha value is -3.52. The van der Waals surface area contributed by atoms with Crippen LogP contribution in [0.4, 0.5) is 8.78 Å². The van der Waals surface area contributed by atoms with Gasteiger partial charge in [-0.3, -0.25) is 4.68 Å². The summed E-state index contributed by atoms with van der Waals surface area (Å²) in [6.45, 7) is 6.54. The number of nitrogens with one attached hydrogen (secondary N) is 2. The van der Waals surface area contributed by atoms with Crippen LogP contribution in [0.15, 0.2) is 49.4 Å². The quantitative estimate of drug-likeness (QED) is 0.409. The van der Waals surface area contributed by atoms with E-state index in [2.05, 4.69) is 27.0 Å². The third-order valence-electron chi connectivity index (χ3n) is 5.02. The van der Waals surface area contributed by atoms with Crippen molar-refractivity contribution >= 4 is 16.7 Å². The first kappa shape index (κ1) is 20.7. The molecule has 2 N–H and O–H groups in total. The molecule has 160 valence electrons. The largest absolute Gasteiger partial charge is 0.492 e. The fourth-order valence-electron chi connectivity index (χ4n) is 3.59. The summed E-state index contributed by atoms with van der Waals surface area (Å²) < 4.78 is 36.7. The number of hydrogen-bond acceptors (Lipinski definition) is 4. The number of aryl methyl sites for hydroxylation is 1. The number of hydrogen-bond donors (Lipinski definition) is 2. The normalized spacial score (nSPS) is 11.2. The molecule has 0 spiro atoms. The molecule has 0 radical (unpaired) electrons. The molecule has 2 aromatic heterocycles. The second-order valence-electron chi connectivity index (χ2n) is 7.15. The molecule has 0 aliphatic carbocycles. The van der Waals surface area contributed by atoms with Gasteiger partial charge in [0.05, 0.1) is 24.1 Å². The number of halogens is 2. The van der Waals surface area contributed by atoms with Gasteiger partial charge < -0.3 is 15.0 Å². The summed E-state index contributed by atoms with van der Waals surface area (Å²) in [5.74, 6) is -0.759. The van der Waals surface area contributed by atoms with Crippen LogP contribution in [0.3, 0.4) is 0 Å². The highest BCUT2D eigenvalue weighted by molar-refractivity contribution is 5.94. The lowest BCUT2D eigenvalue weighted by atomic mass is 10.00. The Morgan fingerprint density at radius 2 is 2.00 bits per heavy atom. The van der Waals surface area contributed by atoms with Crippen LogP contribution in [0.1, 0.15) is 23.9 Å². The summed E-state index contributed by atoms with van der Waals surface area (Å²) in [4.78, 5) is 7.19. The number of rotatable bonds is 8. The molecule has 8 heteroatoms. The molecular formula is C23H23F2N5O. The minimum Gasteiger partial charge on any atom is -0.492 e. The SMILES string of the molecule is C=C(OCC)c1nc[nH]c1CNCc1c(F)cc(-c2cccc3nn(C)cc23)cc1F. The van der Waals surface area contributed by atoms with Crippen molar-refractivity contribution < 1.29 is 13.5 Å². The Bertz CT molecular complexity index is 1220. The van der Waals surface area contributed by atoms with E-state index in [1.165, 1.54) is 18.5 Å². The van der Waals surface area contributed by atoms with Crippen LogP contribution < -0.4 is 5.32 Å². The zero-order valence-corrected chi connectivity index (χ0v) is 17.4. The lowest BCUT2D eigenvalue weighted by Crippen LogP contribution is -2.16. The van der Waals surface area contributed by atoms with Gasteiger partial charge in [-0.1, -0.05) is 18.7 Å². The van der Waals surface area contributed by atoms with E-state index in [0.717, 1.165) is 22.2 Å². The Kier molecular flexibility index (Phi) is 5.81. The number of ether oxygens (including phenoxy) is 1. The molecule has 2 heterocycles. The first-order valence-corrected chi connectivity index (χ1v) is 9.93. The third kappa shape index (κ3) is 4.20. The number of aromatic nitrogens is 4. The average molecular weight is 423 g/mol. The van der Waals surface area contributed by atoms with Gasteiger partial charge in [-0.05, 0) is 36.2 Å². The van der Waals surface area contributed by atoms with Gasteiger partial charge in [0, 0.05) is 37.3 Å². The summed E-state index contributed by atoms with van der Waals surface area (Å²) in [6, 6.07) is 8.25. The zero-order chi connectivity index (χ0) is 22.0. The van der Waals surface area contributed by atoms with Gasteiger partial charge in [0.2, 0.25) is 0 Å². The number of nitrogens with zero attached hydrogens (tertiary/aromatic N) is 3. The van der Waals surface area contributed by atoms with Crippen molar-refractivity contribution in [2.75, 3.05) is 6.61 Å². The highest BCUT2D eigenvalue weighted by atomic mass is 19.1. The molecule has 31 heavy (non-hydrogen) atoms.